The normalized spacial score (nSPS) is 9.47. The molecule has 0 aromatic rings. The van der Waals surface area contributed by atoms with Gasteiger partial charge in [0.1, 0.15) is 0 Å². The Morgan fingerprint density at radius 1 is 0.824 bits per heavy atom. The van der Waals surface area contributed by atoms with Crippen molar-refractivity contribution in [3.63, 3.8) is 0 Å². The highest BCUT2D eigenvalue weighted by molar-refractivity contribution is 7.51. The van der Waals surface area contributed by atoms with Gasteiger partial charge < -0.3 is 9.79 Å². The van der Waals surface area contributed by atoms with Gasteiger partial charge >= 0.3 is 7.60 Å². The SMILES string of the molecule is C.C.C.C.C.CCC(CC)(CC)CP(=O)(O)O. The van der Waals surface area contributed by atoms with E-state index < -0.39 is 7.60 Å². The van der Waals surface area contributed by atoms with Gasteiger partial charge in [0.05, 0.1) is 6.16 Å². The Morgan fingerprint density at radius 2 is 1.06 bits per heavy atom. The van der Waals surface area contributed by atoms with Crippen molar-refractivity contribution in [3.05, 3.63) is 0 Å². The first-order chi connectivity index (χ1) is 5.39. The van der Waals surface area contributed by atoms with Crippen molar-refractivity contribution >= 4 is 7.60 Å². The van der Waals surface area contributed by atoms with Crippen LogP contribution in [-0.2, 0) is 4.57 Å². The predicted octanol–water partition coefficient (Wildman–Crippen LogP) is 5.56. The Labute approximate surface area is 111 Å². The molecule has 0 aliphatic heterocycles. The van der Waals surface area contributed by atoms with Crippen molar-refractivity contribution in [1.29, 1.82) is 0 Å². The lowest BCUT2D eigenvalue weighted by Crippen LogP contribution is -2.22. The van der Waals surface area contributed by atoms with Gasteiger partial charge in [-0.1, -0.05) is 57.9 Å². The summed E-state index contributed by atoms with van der Waals surface area (Å²) in [6.45, 7) is 5.97. The van der Waals surface area contributed by atoms with Crippen molar-refractivity contribution in [3.8, 4) is 0 Å². The highest BCUT2D eigenvalue weighted by atomic mass is 31.2. The molecular weight excluding hydrogens is 235 g/mol. The zero-order chi connectivity index (χ0) is 9.83. The predicted molar refractivity (Wildman–Crippen MR) is 83.9 cm³/mol. The molecule has 0 saturated heterocycles. The molecular formula is C13H39O3P. The average Bonchev–Trinajstić information content (AvgIpc) is 1.99. The summed E-state index contributed by atoms with van der Waals surface area (Å²) in [7, 11) is -3.84. The average molecular weight is 274 g/mol. The third kappa shape index (κ3) is 14.1. The van der Waals surface area contributed by atoms with Crippen molar-refractivity contribution in [2.24, 2.45) is 5.41 Å². The van der Waals surface area contributed by atoms with E-state index in [1.165, 1.54) is 0 Å². The van der Waals surface area contributed by atoms with E-state index in [1.54, 1.807) is 0 Å². The summed E-state index contributed by atoms with van der Waals surface area (Å²) in [5.41, 5.74) is -0.154. The van der Waals surface area contributed by atoms with Gasteiger partial charge in [-0.25, -0.2) is 0 Å². The molecule has 0 radical (unpaired) electrons. The van der Waals surface area contributed by atoms with Crippen molar-refractivity contribution in [1.82, 2.24) is 0 Å². The maximum absolute atomic E-state index is 10.8. The molecule has 0 unspecified atom stereocenters. The number of hydrogen-bond donors (Lipinski definition) is 2. The van der Waals surface area contributed by atoms with Crippen molar-refractivity contribution in [2.45, 2.75) is 77.2 Å². The molecule has 0 amide bonds. The minimum absolute atomic E-state index is 0. The summed E-state index contributed by atoms with van der Waals surface area (Å²) < 4.78 is 10.8. The van der Waals surface area contributed by atoms with E-state index in [2.05, 4.69) is 0 Å². The fourth-order valence-electron chi connectivity index (χ4n) is 1.52. The number of rotatable bonds is 5. The second-order valence-corrected chi connectivity index (χ2v) is 5.03. The molecule has 114 valence electrons. The Kier molecular flexibility index (Phi) is 30.1. The molecule has 0 saturated carbocycles. The van der Waals surface area contributed by atoms with E-state index >= 15 is 0 Å². The second kappa shape index (κ2) is 14.2. The lowest BCUT2D eigenvalue weighted by atomic mass is 9.82. The van der Waals surface area contributed by atoms with Gasteiger partial charge in [0.15, 0.2) is 0 Å². The van der Waals surface area contributed by atoms with Crippen LogP contribution in [0.1, 0.15) is 77.2 Å². The zero-order valence-corrected chi connectivity index (χ0v) is 8.97. The van der Waals surface area contributed by atoms with Crippen LogP contribution in [0, 0.1) is 5.41 Å². The zero-order valence-electron chi connectivity index (χ0n) is 8.08. The van der Waals surface area contributed by atoms with Crippen LogP contribution in [0.3, 0.4) is 0 Å². The third-order valence-corrected chi connectivity index (χ3v) is 3.87. The molecule has 0 spiro atoms. The molecule has 0 aliphatic rings. The highest BCUT2D eigenvalue weighted by Crippen LogP contribution is 2.46. The van der Waals surface area contributed by atoms with Crippen LogP contribution >= 0.6 is 7.60 Å². The first kappa shape index (κ1) is 36.0. The first-order valence-electron chi connectivity index (χ1n) is 4.43. The topological polar surface area (TPSA) is 57.5 Å². The van der Waals surface area contributed by atoms with Crippen LogP contribution in [0.2, 0.25) is 0 Å². The van der Waals surface area contributed by atoms with Crippen LogP contribution in [0.25, 0.3) is 0 Å². The lowest BCUT2D eigenvalue weighted by Gasteiger charge is -2.30. The Morgan fingerprint density at radius 3 is 1.12 bits per heavy atom. The Bertz CT molecular complexity index is 163. The standard InChI is InChI=1S/C8H19O3P.5CH4/c1-4-8(5-2,6-3)7-12(9,10)11;;;;;/h4-7H2,1-3H3,(H2,9,10,11);5*1H4. The molecule has 0 bridgehead atoms. The molecule has 0 aromatic carbocycles. The van der Waals surface area contributed by atoms with Crippen LogP contribution < -0.4 is 0 Å². The fraction of sp³-hybridized carbons (Fsp3) is 1.00. The summed E-state index contributed by atoms with van der Waals surface area (Å²) in [5.74, 6) is 0. The van der Waals surface area contributed by atoms with Crippen molar-refractivity contribution in [2.75, 3.05) is 6.16 Å². The van der Waals surface area contributed by atoms with Crippen LogP contribution in [0.4, 0.5) is 0 Å². The number of hydrogen-bond acceptors (Lipinski definition) is 1. The van der Waals surface area contributed by atoms with Gasteiger partial charge in [-0.05, 0) is 24.7 Å². The monoisotopic (exact) mass is 274 g/mol. The summed E-state index contributed by atoms with van der Waals surface area (Å²) in [5, 5.41) is 0. The summed E-state index contributed by atoms with van der Waals surface area (Å²) in [6.07, 6.45) is 2.55. The minimum atomic E-state index is -3.84. The quantitative estimate of drug-likeness (QED) is 0.645. The van der Waals surface area contributed by atoms with Gasteiger partial charge in [0.25, 0.3) is 0 Å². The smallest absolute Gasteiger partial charge is 0.324 e. The molecule has 0 heterocycles. The summed E-state index contributed by atoms with van der Waals surface area (Å²) in [4.78, 5) is 17.7. The molecule has 0 aliphatic carbocycles. The van der Waals surface area contributed by atoms with Gasteiger partial charge in [0, 0.05) is 0 Å². The summed E-state index contributed by atoms with van der Waals surface area (Å²) >= 11 is 0. The molecule has 0 rings (SSSR count). The molecule has 0 aromatic heterocycles. The van der Waals surface area contributed by atoms with Crippen LogP contribution in [0.5, 0.6) is 0 Å². The van der Waals surface area contributed by atoms with Gasteiger partial charge in [-0.3, -0.25) is 4.57 Å². The lowest BCUT2D eigenvalue weighted by molar-refractivity contribution is 0.261. The van der Waals surface area contributed by atoms with E-state index in [9.17, 15) is 4.57 Å². The van der Waals surface area contributed by atoms with E-state index in [0.717, 1.165) is 19.3 Å². The maximum Gasteiger partial charge on any atom is 0.326 e. The third-order valence-electron chi connectivity index (χ3n) is 2.79. The van der Waals surface area contributed by atoms with Gasteiger partial charge in [-0.2, -0.15) is 0 Å². The van der Waals surface area contributed by atoms with E-state index in [-0.39, 0.29) is 48.7 Å². The molecule has 3 nitrogen and oxygen atoms in total. The van der Waals surface area contributed by atoms with Crippen molar-refractivity contribution < 1.29 is 14.4 Å². The molecule has 2 N–H and O–H groups in total. The molecule has 17 heavy (non-hydrogen) atoms. The maximum atomic E-state index is 10.8. The van der Waals surface area contributed by atoms with E-state index in [0.29, 0.717) is 0 Å². The molecule has 0 fully saturated rings. The second-order valence-electron chi connectivity index (χ2n) is 3.38. The van der Waals surface area contributed by atoms with Gasteiger partial charge in [-0.15, -0.1) is 0 Å². The first-order valence-corrected chi connectivity index (χ1v) is 6.23. The largest absolute Gasteiger partial charge is 0.326 e. The van der Waals surface area contributed by atoms with Gasteiger partial charge in [0.2, 0.25) is 0 Å². The van der Waals surface area contributed by atoms with Crippen LogP contribution in [0.15, 0.2) is 0 Å². The van der Waals surface area contributed by atoms with Crippen LogP contribution in [-0.4, -0.2) is 15.9 Å². The molecule has 4 heteroatoms. The van der Waals surface area contributed by atoms with E-state index in [4.69, 9.17) is 9.79 Å². The Hall–Kier alpha value is 0.150. The Balaban J connectivity index is -0.0000000605. The summed E-state index contributed by atoms with van der Waals surface area (Å²) in [6, 6.07) is 0. The highest BCUT2D eigenvalue weighted by Gasteiger charge is 2.31. The fourth-order valence-corrected chi connectivity index (χ4v) is 3.07. The molecule has 0 atom stereocenters. The van der Waals surface area contributed by atoms with E-state index in [1.807, 2.05) is 20.8 Å². The minimum Gasteiger partial charge on any atom is -0.324 e.